The first kappa shape index (κ1) is 19.0. The number of hydrogen-bond acceptors (Lipinski definition) is 7. The molecule has 3 aromatic rings. The molecular formula is C18H17N5O2S2. The summed E-state index contributed by atoms with van der Waals surface area (Å²) >= 11 is 2.88. The molecule has 0 spiro atoms. The van der Waals surface area contributed by atoms with Crippen molar-refractivity contribution in [1.82, 2.24) is 15.2 Å². The van der Waals surface area contributed by atoms with E-state index in [1.165, 1.54) is 11.8 Å². The smallest absolute Gasteiger partial charge is 0.248 e. The van der Waals surface area contributed by atoms with Crippen LogP contribution in [0.1, 0.15) is 21.1 Å². The lowest BCUT2D eigenvalue weighted by Crippen LogP contribution is -2.15. The van der Waals surface area contributed by atoms with E-state index in [2.05, 4.69) is 20.5 Å². The predicted octanol–water partition coefficient (Wildman–Crippen LogP) is 3.05. The van der Waals surface area contributed by atoms with Crippen LogP contribution < -0.4 is 11.1 Å². The average Bonchev–Trinajstić information content (AvgIpc) is 2.99. The predicted molar refractivity (Wildman–Crippen MR) is 107 cm³/mol. The van der Waals surface area contributed by atoms with Gasteiger partial charge in [-0.05, 0) is 50.2 Å². The zero-order valence-electron chi connectivity index (χ0n) is 14.7. The Morgan fingerprint density at radius 3 is 2.41 bits per heavy atom. The zero-order chi connectivity index (χ0) is 19.4. The molecule has 3 rings (SSSR count). The standard InChI is InChI=1S/C18H17N5O2S2/c1-10-17(27-11(2)20-10)14-7-8-16(23-22-14)26-9-15(24)21-13-5-3-12(4-6-13)18(19)25/h3-8H,9H2,1-2H3,(H2,19,25)(H,21,24). The summed E-state index contributed by atoms with van der Waals surface area (Å²) in [6, 6.07) is 10.1. The number of benzene rings is 1. The molecule has 0 aliphatic heterocycles. The topological polar surface area (TPSA) is 111 Å². The Balaban J connectivity index is 1.55. The molecule has 9 heteroatoms. The van der Waals surface area contributed by atoms with Gasteiger partial charge in [0.15, 0.2) is 0 Å². The second-order valence-corrected chi connectivity index (χ2v) is 7.88. The number of carbonyl (C=O) groups is 2. The van der Waals surface area contributed by atoms with Crippen molar-refractivity contribution in [3.63, 3.8) is 0 Å². The molecule has 0 radical (unpaired) electrons. The van der Waals surface area contributed by atoms with E-state index in [-0.39, 0.29) is 11.7 Å². The van der Waals surface area contributed by atoms with Gasteiger partial charge in [-0.25, -0.2) is 4.98 Å². The number of nitrogens with two attached hydrogens (primary N) is 1. The highest BCUT2D eigenvalue weighted by atomic mass is 32.2. The molecule has 0 bridgehead atoms. The van der Waals surface area contributed by atoms with Crippen molar-refractivity contribution in [2.45, 2.75) is 18.9 Å². The molecule has 1 aromatic carbocycles. The molecule has 0 aliphatic rings. The van der Waals surface area contributed by atoms with E-state index in [1.54, 1.807) is 35.6 Å². The van der Waals surface area contributed by atoms with Gasteiger partial charge in [0.25, 0.3) is 0 Å². The number of nitrogens with zero attached hydrogens (tertiary/aromatic N) is 3. The summed E-state index contributed by atoms with van der Waals surface area (Å²) in [6.07, 6.45) is 0. The Bertz CT molecular complexity index is 968. The SMILES string of the molecule is Cc1nc(C)c(-c2ccc(SCC(=O)Nc3ccc(C(N)=O)cc3)nn2)s1. The third-order valence-corrected chi connectivity index (χ3v) is 5.60. The van der Waals surface area contributed by atoms with E-state index >= 15 is 0 Å². The molecule has 0 aliphatic carbocycles. The Morgan fingerprint density at radius 2 is 1.85 bits per heavy atom. The largest absolute Gasteiger partial charge is 0.366 e. The van der Waals surface area contributed by atoms with E-state index in [0.29, 0.717) is 16.3 Å². The van der Waals surface area contributed by atoms with E-state index in [1.807, 2.05) is 26.0 Å². The first-order chi connectivity index (χ1) is 12.9. The second-order valence-electron chi connectivity index (χ2n) is 5.68. The van der Waals surface area contributed by atoms with Crippen LogP contribution in [0.25, 0.3) is 10.6 Å². The lowest BCUT2D eigenvalue weighted by atomic mass is 10.2. The average molecular weight is 400 g/mol. The highest BCUT2D eigenvalue weighted by Crippen LogP contribution is 2.28. The molecule has 2 heterocycles. The second kappa shape index (κ2) is 8.28. The Labute approximate surface area is 164 Å². The first-order valence-electron chi connectivity index (χ1n) is 8.03. The highest BCUT2D eigenvalue weighted by Gasteiger charge is 2.11. The van der Waals surface area contributed by atoms with Gasteiger partial charge in [-0.2, -0.15) is 0 Å². The minimum atomic E-state index is -0.505. The number of aromatic nitrogens is 3. The number of amides is 2. The number of carbonyl (C=O) groups excluding carboxylic acids is 2. The van der Waals surface area contributed by atoms with Crippen LogP contribution >= 0.6 is 23.1 Å². The third kappa shape index (κ3) is 4.89. The van der Waals surface area contributed by atoms with Crippen molar-refractivity contribution < 1.29 is 9.59 Å². The van der Waals surface area contributed by atoms with Crippen LogP contribution in [0.3, 0.4) is 0 Å². The van der Waals surface area contributed by atoms with Crippen LogP contribution in [-0.2, 0) is 4.79 Å². The van der Waals surface area contributed by atoms with E-state index in [0.717, 1.165) is 21.3 Å². The van der Waals surface area contributed by atoms with Crippen LogP contribution in [0, 0.1) is 13.8 Å². The Morgan fingerprint density at radius 1 is 1.11 bits per heavy atom. The van der Waals surface area contributed by atoms with Gasteiger partial charge in [0, 0.05) is 11.3 Å². The van der Waals surface area contributed by atoms with Crippen molar-refractivity contribution in [2.24, 2.45) is 5.73 Å². The van der Waals surface area contributed by atoms with Crippen LogP contribution in [0.2, 0.25) is 0 Å². The molecule has 138 valence electrons. The van der Waals surface area contributed by atoms with Gasteiger partial charge >= 0.3 is 0 Å². The van der Waals surface area contributed by atoms with Gasteiger partial charge in [0.05, 0.1) is 21.3 Å². The maximum absolute atomic E-state index is 12.1. The number of anilines is 1. The van der Waals surface area contributed by atoms with Crippen LogP contribution in [-0.4, -0.2) is 32.7 Å². The maximum Gasteiger partial charge on any atom is 0.248 e. The van der Waals surface area contributed by atoms with Crippen LogP contribution in [0.5, 0.6) is 0 Å². The molecule has 7 nitrogen and oxygen atoms in total. The number of aryl methyl sites for hydroxylation is 2. The minimum Gasteiger partial charge on any atom is -0.366 e. The number of hydrogen-bond donors (Lipinski definition) is 2. The molecule has 27 heavy (non-hydrogen) atoms. The molecule has 3 N–H and O–H groups in total. The number of rotatable bonds is 6. The summed E-state index contributed by atoms with van der Waals surface area (Å²) in [7, 11) is 0. The summed E-state index contributed by atoms with van der Waals surface area (Å²) in [6.45, 7) is 3.91. The van der Waals surface area contributed by atoms with E-state index < -0.39 is 5.91 Å². The van der Waals surface area contributed by atoms with Gasteiger partial charge in [0.2, 0.25) is 11.8 Å². The molecule has 0 fully saturated rings. The van der Waals surface area contributed by atoms with Crippen molar-refractivity contribution in [1.29, 1.82) is 0 Å². The monoisotopic (exact) mass is 399 g/mol. The number of primary amides is 1. The molecule has 0 unspecified atom stereocenters. The molecular weight excluding hydrogens is 382 g/mol. The minimum absolute atomic E-state index is 0.174. The van der Waals surface area contributed by atoms with E-state index in [4.69, 9.17) is 5.73 Å². The van der Waals surface area contributed by atoms with Crippen molar-refractivity contribution in [2.75, 3.05) is 11.1 Å². The number of thioether (sulfide) groups is 1. The van der Waals surface area contributed by atoms with E-state index in [9.17, 15) is 9.59 Å². The number of nitrogens with one attached hydrogen (secondary N) is 1. The highest BCUT2D eigenvalue weighted by molar-refractivity contribution is 7.99. The summed E-state index contributed by atoms with van der Waals surface area (Å²) < 4.78 is 0. The quantitative estimate of drug-likeness (QED) is 0.616. The summed E-state index contributed by atoms with van der Waals surface area (Å²) in [5.74, 6) is -0.481. The molecule has 0 atom stereocenters. The fraction of sp³-hybridized carbons (Fsp3) is 0.167. The normalized spacial score (nSPS) is 10.6. The molecule has 2 aromatic heterocycles. The lowest BCUT2D eigenvalue weighted by Gasteiger charge is -2.05. The van der Waals surface area contributed by atoms with Gasteiger partial charge in [0.1, 0.15) is 10.7 Å². The molecule has 0 saturated heterocycles. The third-order valence-electron chi connectivity index (χ3n) is 3.58. The van der Waals surface area contributed by atoms with Crippen LogP contribution in [0.15, 0.2) is 41.4 Å². The molecule has 0 saturated carbocycles. The Hall–Kier alpha value is -2.78. The van der Waals surface area contributed by atoms with Gasteiger partial charge in [-0.15, -0.1) is 21.5 Å². The molecule has 2 amide bonds. The maximum atomic E-state index is 12.1. The van der Waals surface area contributed by atoms with Gasteiger partial charge in [-0.1, -0.05) is 11.8 Å². The summed E-state index contributed by atoms with van der Waals surface area (Å²) in [4.78, 5) is 28.5. The summed E-state index contributed by atoms with van der Waals surface area (Å²) in [5, 5.41) is 12.8. The fourth-order valence-electron chi connectivity index (χ4n) is 2.34. The van der Waals surface area contributed by atoms with Crippen molar-refractivity contribution >= 4 is 40.6 Å². The van der Waals surface area contributed by atoms with Gasteiger partial charge < -0.3 is 11.1 Å². The van der Waals surface area contributed by atoms with Crippen molar-refractivity contribution in [3.05, 3.63) is 52.7 Å². The lowest BCUT2D eigenvalue weighted by molar-refractivity contribution is -0.113. The van der Waals surface area contributed by atoms with Gasteiger partial charge in [-0.3, -0.25) is 9.59 Å². The first-order valence-corrected chi connectivity index (χ1v) is 9.83. The zero-order valence-corrected chi connectivity index (χ0v) is 16.4. The van der Waals surface area contributed by atoms with Crippen LogP contribution in [0.4, 0.5) is 5.69 Å². The summed E-state index contributed by atoms with van der Waals surface area (Å²) in [5.41, 5.74) is 7.90. The number of thiazole rings is 1. The fourth-order valence-corrected chi connectivity index (χ4v) is 3.84. The Kier molecular flexibility index (Phi) is 5.82. The van der Waals surface area contributed by atoms with Crippen molar-refractivity contribution in [3.8, 4) is 10.6 Å².